The van der Waals surface area contributed by atoms with E-state index in [9.17, 15) is 19.5 Å². The third-order valence-electron chi connectivity index (χ3n) is 6.53. The van der Waals surface area contributed by atoms with Gasteiger partial charge in [-0.3, -0.25) is 14.4 Å². The summed E-state index contributed by atoms with van der Waals surface area (Å²) in [5.74, 6) is -1.65. The first-order valence-corrected chi connectivity index (χ1v) is 14.0. The lowest BCUT2D eigenvalue weighted by molar-refractivity contribution is -0.137. The molecule has 6 nitrogen and oxygen atoms in total. The first-order chi connectivity index (χ1) is 19.7. The van der Waals surface area contributed by atoms with E-state index in [2.05, 4.69) is 5.32 Å². The van der Waals surface area contributed by atoms with Gasteiger partial charge in [-0.2, -0.15) is 0 Å². The Morgan fingerprint density at radius 2 is 1.34 bits per heavy atom. The van der Waals surface area contributed by atoms with Crippen LogP contribution >= 0.6 is 34.8 Å². The van der Waals surface area contributed by atoms with Crippen molar-refractivity contribution in [1.29, 1.82) is 0 Å². The Morgan fingerprint density at radius 1 is 0.732 bits per heavy atom. The van der Waals surface area contributed by atoms with Crippen LogP contribution in [0.15, 0.2) is 91.0 Å². The second-order valence-corrected chi connectivity index (χ2v) is 10.6. The number of aliphatic carboxylic acids is 1. The zero-order valence-corrected chi connectivity index (χ0v) is 24.2. The monoisotopic (exact) mass is 608 g/mol. The fraction of sp³-hybridized carbons (Fsp3) is 0.156. The molecular formula is C32H27Cl3N2O4. The van der Waals surface area contributed by atoms with Crippen LogP contribution in [-0.4, -0.2) is 40.9 Å². The quantitative estimate of drug-likeness (QED) is 0.185. The van der Waals surface area contributed by atoms with Crippen LogP contribution in [0.4, 0.5) is 0 Å². The maximum atomic E-state index is 13.9. The summed E-state index contributed by atoms with van der Waals surface area (Å²) < 4.78 is 0. The standard InChI is InChI=1S/C32H27Cl3N2O4/c33-23-12-9-21(10-13-23)20-36-31(40)27-7-3-1-5-25(27)26-6-2-4-8-28(26)32(41)37(18-16-30(38)39)17-15-22-11-14-24(34)19-29(22)35/h1-14,19H,15-18,20H2,(H,36,40)(H,38,39). The number of carboxylic acids is 1. The molecule has 0 aliphatic carbocycles. The molecule has 0 spiro atoms. The molecule has 0 bridgehead atoms. The van der Waals surface area contributed by atoms with Crippen molar-refractivity contribution in [2.75, 3.05) is 13.1 Å². The zero-order chi connectivity index (χ0) is 29.4. The fourth-order valence-electron chi connectivity index (χ4n) is 4.40. The van der Waals surface area contributed by atoms with Gasteiger partial charge in [0.05, 0.1) is 6.42 Å². The summed E-state index contributed by atoms with van der Waals surface area (Å²) in [5.41, 5.74) is 3.61. The van der Waals surface area contributed by atoms with Gasteiger partial charge < -0.3 is 15.3 Å². The topological polar surface area (TPSA) is 86.7 Å². The number of nitrogens with one attached hydrogen (secondary N) is 1. The molecule has 2 amide bonds. The number of hydrogen-bond donors (Lipinski definition) is 2. The second-order valence-electron chi connectivity index (χ2n) is 9.32. The Balaban J connectivity index is 1.61. The molecule has 0 saturated carbocycles. The highest BCUT2D eigenvalue weighted by Crippen LogP contribution is 2.29. The van der Waals surface area contributed by atoms with Gasteiger partial charge in [-0.05, 0) is 65.1 Å². The number of nitrogens with zero attached hydrogens (tertiary/aromatic N) is 1. The van der Waals surface area contributed by atoms with Crippen LogP contribution < -0.4 is 5.32 Å². The summed E-state index contributed by atoms with van der Waals surface area (Å²) in [6.45, 7) is 0.559. The molecule has 0 heterocycles. The minimum atomic E-state index is -1.01. The largest absolute Gasteiger partial charge is 0.481 e. The first-order valence-electron chi connectivity index (χ1n) is 12.9. The molecule has 0 aliphatic rings. The number of amides is 2. The molecule has 4 rings (SSSR count). The lowest BCUT2D eigenvalue weighted by atomic mass is 9.94. The third kappa shape index (κ3) is 8.10. The van der Waals surface area contributed by atoms with Crippen molar-refractivity contribution in [3.05, 3.63) is 128 Å². The molecule has 9 heteroatoms. The normalized spacial score (nSPS) is 10.7. The van der Waals surface area contributed by atoms with Gasteiger partial charge in [0.15, 0.2) is 0 Å². The van der Waals surface area contributed by atoms with Gasteiger partial charge in [0.25, 0.3) is 11.8 Å². The summed E-state index contributed by atoms with van der Waals surface area (Å²) in [7, 11) is 0. The Bertz CT molecular complexity index is 1560. The van der Waals surface area contributed by atoms with E-state index in [1.807, 2.05) is 12.1 Å². The van der Waals surface area contributed by atoms with Crippen LogP contribution in [0.2, 0.25) is 15.1 Å². The Labute approximate surface area is 253 Å². The number of hydrogen-bond acceptors (Lipinski definition) is 3. The van der Waals surface area contributed by atoms with E-state index in [1.165, 1.54) is 4.90 Å². The van der Waals surface area contributed by atoms with Gasteiger partial charge in [-0.25, -0.2) is 0 Å². The van der Waals surface area contributed by atoms with E-state index in [0.717, 1.165) is 11.1 Å². The van der Waals surface area contributed by atoms with E-state index in [1.54, 1.807) is 78.9 Å². The van der Waals surface area contributed by atoms with Crippen LogP contribution in [0.3, 0.4) is 0 Å². The van der Waals surface area contributed by atoms with E-state index in [-0.39, 0.29) is 31.3 Å². The van der Waals surface area contributed by atoms with Crippen LogP contribution in [0.25, 0.3) is 11.1 Å². The maximum absolute atomic E-state index is 13.9. The number of carbonyl (C=O) groups is 3. The lowest BCUT2D eigenvalue weighted by Crippen LogP contribution is -2.35. The van der Waals surface area contributed by atoms with E-state index in [0.29, 0.717) is 50.3 Å². The van der Waals surface area contributed by atoms with Crippen LogP contribution in [0, 0.1) is 0 Å². The molecule has 2 N–H and O–H groups in total. The lowest BCUT2D eigenvalue weighted by Gasteiger charge is -2.24. The van der Waals surface area contributed by atoms with Crippen molar-refractivity contribution >= 4 is 52.6 Å². The predicted molar refractivity (Wildman–Crippen MR) is 163 cm³/mol. The molecule has 4 aromatic rings. The minimum absolute atomic E-state index is 0.0108. The van der Waals surface area contributed by atoms with E-state index < -0.39 is 5.97 Å². The molecule has 210 valence electrons. The van der Waals surface area contributed by atoms with E-state index in [4.69, 9.17) is 34.8 Å². The SMILES string of the molecule is O=C(O)CCN(CCc1ccc(Cl)cc1Cl)C(=O)c1ccccc1-c1ccccc1C(=O)NCc1ccc(Cl)cc1. The van der Waals surface area contributed by atoms with Gasteiger partial charge in [-0.15, -0.1) is 0 Å². The Hall–Kier alpha value is -3.84. The minimum Gasteiger partial charge on any atom is -0.481 e. The molecule has 4 aromatic carbocycles. The number of carbonyl (C=O) groups excluding carboxylic acids is 2. The second kappa shape index (κ2) is 14.2. The van der Waals surface area contributed by atoms with Crippen LogP contribution in [-0.2, 0) is 17.8 Å². The molecule has 41 heavy (non-hydrogen) atoms. The van der Waals surface area contributed by atoms with Crippen LogP contribution in [0.1, 0.15) is 38.3 Å². The van der Waals surface area contributed by atoms with Gasteiger partial charge in [0.2, 0.25) is 0 Å². The molecule has 0 atom stereocenters. The molecule has 0 saturated heterocycles. The van der Waals surface area contributed by atoms with Crippen molar-refractivity contribution < 1.29 is 19.5 Å². The number of benzene rings is 4. The van der Waals surface area contributed by atoms with Crippen molar-refractivity contribution in [2.24, 2.45) is 0 Å². The van der Waals surface area contributed by atoms with Gasteiger partial charge in [-0.1, -0.05) is 89.4 Å². The fourth-order valence-corrected chi connectivity index (χ4v) is 5.02. The molecule has 0 aliphatic heterocycles. The molecular weight excluding hydrogens is 583 g/mol. The Kier molecular flexibility index (Phi) is 10.4. The van der Waals surface area contributed by atoms with Gasteiger partial charge >= 0.3 is 5.97 Å². The number of rotatable bonds is 11. The Morgan fingerprint density at radius 3 is 2.00 bits per heavy atom. The van der Waals surface area contributed by atoms with Crippen LogP contribution in [0.5, 0.6) is 0 Å². The summed E-state index contributed by atoms with van der Waals surface area (Å²) in [5, 5.41) is 13.8. The highest BCUT2D eigenvalue weighted by molar-refractivity contribution is 6.35. The predicted octanol–water partition coefficient (Wildman–Crippen LogP) is 7.40. The summed E-state index contributed by atoms with van der Waals surface area (Å²) in [6.07, 6.45) is 0.194. The molecule has 0 aromatic heterocycles. The average Bonchev–Trinajstić information content (AvgIpc) is 2.97. The van der Waals surface area contributed by atoms with Crippen molar-refractivity contribution in [1.82, 2.24) is 10.2 Å². The van der Waals surface area contributed by atoms with Gasteiger partial charge in [0, 0.05) is 45.8 Å². The smallest absolute Gasteiger partial charge is 0.305 e. The van der Waals surface area contributed by atoms with Crippen molar-refractivity contribution in [2.45, 2.75) is 19.4 Å². The summed E-state index contributed by atoms with van der Waals surface area (Å²) in [4.78, 5) is 40.1. The average molecular weight is 610 g/mol. The highest BCUT2D eigenvalue weighted by atomic mass is 35.5. The van der Waals surface area contributed by atoms with Crippen molar-refractivity contribution in [3.63, 3.8) is 0 Å². The van der Waals surface area contributed by atoms with E-state index >= 15 is 0 Å². The summed E-state index contributed by atoms with van der Waals surface area (Å²) in [6, 6.07) is 26.4. The third-order valence-corrected chi connectivity index (χ3v) is 7.37. The molecule has 0 unspecified atom stereocenters. The van der Waals surface area contributed by atoms with Gasteiger partial charge in [0.1, 0.15) is 0 Å². The zero-order valence-electron chi connectivity index (χ0n) is 21.9. The number of carboxylic acid groups (broad SMARTS) is 1. The molecule has 0 radical (unpaired) electrons. The maximum Gasteiger partial charge on any atom is 0.305 e. The summed E-state index contributed by atoms with van der Waals surface area (Å²) >= 11 is 18.3. The first kappa shape index (κ1) is 30.1. The highest BCUT2D eigenvalue weighted by Gasteiger charge is 2.23. The molecule has 0 fully saturated rings. The number of halogens is 3. The van der Waals surface area contributed by atoms with Crippen molar-refractivity contribution in [3.8, 4) is 11.1 Å².